The van der Waals surface area contributed by atoms with Crippen LogP contribution in [0.4, 0.5) is 0 Å². The molecule has 0 saturated carbocycles. The summed E-state index contributed by atoms with van der Waals surface area (Å²) in [7, 11) is 0. The van der Waals surface area contributed by atoms with Crippen molar-refractivity contribution in [1.29, 1.82) is 0 Å². The molecule has 88 valence electrons. The van der Waals surface area contributed by atoms with E-state index in [0.717, 1.165) is 16.7 Å². The Morgan fingerprint density at radius 1 is 1.47 bits per heavy atom. The molecule has 1 heterocycles. The Bertz CT molecular complexity index is 502. The molecule has 1 amide bonds. The summed E-state index contributed by atoms with van der Waals surface area (Å²) in [5.41, 5.74) is 2.64. The Morgan fingerprint density at radius 2 is 2.24 bits per heavy atom. The van der Waals surface area contributed by atoms with Crippen molar-refractivity contribution in [1.82, 2.24) is 4.90 Å². The Morgan fingerprint density at radius 3 is 2.88 bits per heavy atom. The molecule has 0 aliphatic carbocycles. The summed E-state index contributed by atoms with van der Waals surface area (Å²) in [6, 6.07) is 5.86. The van der Waals surface area contributed by atoms with Crippen LogP contribution in [0.25, 0.3) is 0 Å². The molecule has 17 heavy (non-hydrogen) atoms. The van der Waals surface area contributed by atoms with Gasteiger partial charge in [-0.3, -0.25) is 4.79 Å². The molecule has 0 atom stereocenters. The number of amides is 1. The van der Waals surface area contributed by atoms with Crippen molar-refractivity contribution in [2.24, 2.45) is 4.99 Å². The van der Waals surface area contributed by atoms with E-state index in [1.807, 2.05) is 36.9 Å². The maximum atomic E-state index is 12.1. The highest BCUT2D eigenvalue weighted by Crippen LogP contribution is 2.25. The van der Waals surface area contributed by atoms with Crippen LogP contribution in [0.5, 0.6) is 0 Å². The van der Waals surface area contributed by atoms with Gasteiger partial charge >= 0.3 is 0 Å². The summed E-state index contributed by atoms with van der Waals surface area (Å²) in [5, 5.41) is 0. The van der Waals surface area contributed by atoms with E-state index in [-0.39, 0.29) is 18.5 Å². The summed E-state index contributed by atoms with van der Waals surface area (Å²) >= 11 is 0. The van der Waals surface area contributed by atoms with E-state index in [9.17, 15) is 9.59 Å². The summed E-state index contributed by atoms with van der Waals surface area (Å²) < 4.78 is 0. The van der Waals surface area contributed by atoms with Gasteiger partial charge in [0.1, 0.15) is 0 Å². The number of isocyanates is 1. The molecule has 2 rings (SSSR count). The number of hydrogen-bond acceptors (Lipinski definition) is 3. The van der Waals surface area contributed by atoms with Crippen LogP contribution in [0, 0.1) is 0 Å². The molecule has 4 heteroatoms. The predicted molar refractivity (Wildman–Crippen MR) is 63.3 cm³/mol. The van der Waals surface area contributed by atoms with E-state index in [1.165, 1.54) is 6.08 Å². The smallest absolute Gasteiger partial charge is 0.254 e. The van der Waals surface area contributed by atoms with Crippen molar-refractivity contribution in [3.05, 3.63) is 34.9 Å². The summed E-state index contributed by atoms with van der Waals surface area (Å²) in [4.78, 5) is 27.5. The number of fused-ring (bicyclic) bond motifs is 1. The topological polar surface area (TPSA) is 49.7 Å². The fourth-order valence-electron chi connectivity index (χ4n) is 2.01. The first-order valence-corrected chi connectivity index (χ1v) is 5.60. The maximum Gasteiger partial charge on any atom is 0.254 e. The van der Waals surface area contributed by atoms with Gasteiger partial charge in [0.25, 0.3) is 5.91 Å². The molecule has 0 fully saturated rings. The lowest BCUT2D eigenvalue weighted by Gasteiger charge is -2.19. The van der Waals surface area contributed by atoms with Gasteiger partial charge in [-0.2, -0.15) is 0 Å². The van der Waals surface area contributed by atoms with Gasteiger partial charge in [-0.1, -0.05) is 12.1 Å². The van der Waals surface area contributed by atoms with Gasteiger partial charge in [-0.25, -0.2) is 9.79 Å². The third kappa shape index (κ3) is 2.12. The fraction of sp³-hybridized carbons (Fsp3) is 0.385. The lowest BCUT2D eigenvalue weighted by molar-refractivity contribution is 0.0730. The van der Waals surface area contributed by atoms with Gasteiger partial charge in [0, 0.05) is 18.2 Å². The highest BCUT2D eigenvalue weighted by Gasteiger charge is 2.28. The molecule has 0 unspecified atom stereocenters. The molecule has 1 aromatic rings. The third-order valence-electron chi connectivity index (χ3n) is 2.96. The van der Waals surface area contributed by atoms with E-state index in [2.05, 4.69) is 4.99 Å². The number of hydrogen-bond donors (Lipinski definition) is 0. The number of rotatable bonds is 3. The maximum absolute atomic E-state index is 12.1. The van der Waals surface area contributed by atoms with E-state index < -0.39 is 0 Å². The van der Waals surface area contributed by atoms with Crippen molar-refractivity contribution >= 4 is 12.0 Å². The average molecular weight is 230 g/mol. The molecule has 1 aromatic carbocycles. The highest BCUT2D eigenvalue weighted by molar-refractivity contribution is 5.98. The van der Waals surface area contributed by atoms with Crippen LogP contribution in [-0.2, 0) is 17.9 Å². The van der Waals surface area contributed by atoms with E-state index in [1.54, 1.807) is 0 Å². The molecule has 0 saturated heterocycles. The number of aliphatic imine (C=N–C) groups is 1. The Kier molecular flexibility index (Phi) is 3.07. The van der Waals surface area contributed by atoms with E-state index >= 15 is 0 Å². The number of carbonyl (C=O) groups excluding carboxylic acids is 2. The molecule has 0 N–H and O–H groups in total. The minimum atomic E-state index is 0.0620. The van der Waals surface area contributed by atoms with Crippen LogP contribution in [0.1, 0.15) is 35.3 Å². The predicted octanol–water partition coefficient (Wildman–Crippen LogP) is 1.89. The van der Waals surface area contributed by atoms with Crippen molar-refractivity contribution in [2.75, 3.05) is 0 Å². The van der Waals surface area contributed by atoms with E-state index in [0.29, 0.717) is 6.54 Å². The van der Waals surface area contributed by atoms with Crippen LogP contribution in [0.2, 0.25) is 0 Å². The monoisotopic (exact) mass is 230 g/mol. The second-order valence-corrected chi connectivity index (χ2v) is 4.43. The first kappa shape index (κ1) is 11.6. The van der Waals surface area contributed by atoms with Crippen molar-refractivity contribution in [3.63, 3.8) is 0 Å². The highest BCUT2D eigenvalue weighted by atomic mass is 16.2. The van der Waals surface area contributed by atoms with Crippen LogP contribution < -0.4 is 0 Å². The minimum Gasteiger partial charge on any atom is -0.332 e. The normalized spacial score (nSPS) is 13.8. The second-order valence-electron chi connectivity index (χ2n) is 4.43. The third-order valence-corrected chi connectivity index (χ3v) is 2.96. The van der Waals surface area contributed by atoms with Crippen molar-refractivity contribution < 1.29 is 9.59 Å². The Hall–Kier alpha value is -1.93. The second kappa shape index (κ2) is 4.52. The van der Waals surface area contributed by atoms with Crippen LogP contribution in [0.3, 0.4) is 0 Å². The minimum absolute atomic E-state index is 0.0620. The van der Waals surface area contributed by atoms with Gasteiger partial charge in [0.2, 0.25) is 6.08 Å². The SMILES string of the molecule is CC(C)N1Cc2ccc(CN=C=O)cc2C1=O. The van der Waals surface area contributed by atoms with Gasteiger partial charge in [-0.15, -0.1) is 0 Å². The Labute approximate surface area is 100.0 Å². The number of nitrogens with zero attached hydrogens (tertiary/aromatic N) is 2. The fourth-order valence-corrected chi connectivity index (χ4v) is 2.01. The molecule has 0 radical (unpaired) electrons. The van der Waals surface area contributed by atoms with Crippen LogP contribution >= 0.6 is 0 Å². The van der Waals surface area contributed by atoms with Gasteiger partial charge < -0.3 is 4.90 Å². The quantitative estimate of drug-likeness (QED) is 0.588. The van der Waals surface area contributed by atoms with Gasteiger partial charge in [0.05, 0.1) is 6.54 Å². The molecule has 0 spiro atoms. The standard InChI is InChI=1S/C13H14N2O2/c1-9(2)15-7-11-4-3-10(6-14-8-16)5-12(11)13(15)17/h3-5,9H,6-7H2,1-2H3. The molecule has 0 aromatic heterocycles. The lowest BCUT2D eigenvalue weighted by atomic mass is 10.1. The van der Waals surface area contributed by atoms with Crippen LogP contribution in [0.15, 0.2) is 23.2 Å². The molecule has 1 aliphatic rings. The lowest BCUT2D eigenvalue weighted by Crippen LogP contribution is -2.30. The first-order valence-electron chi connectivity index (χ1n) is 5.60. The summed E-state index contributed by atoms with van der Waals surface area (Å²) in [5.74, 6) is 0.0620. The van der Waals surface area contributed by atoms with E-state index in [4.69, 9.17) is 0 Å². The molecular formula is C13H14N2O2. The largest absolute Gasteiger partial charge is 0.332 e. The Balaban J connectivity index is 2.30. The van der Waals surface area contributed by atoms with Crippen molar-refractivity contribution in [3.8, 4) is 0 Å². The molecule has 1 aliphatic heterocycles. The van der Waals surface area contributed by atoms with Gasteiger partial charge in [-0.05, 0) is 31.0 Å². The van der Waals surface area contributed by atoms with Gasteiger partial charge in [0.15, 0.2) is 0 Å². The molecule has 0 bridgehead atoms. The zero-order valence-electron chi connectivity index (χ0n) is 9.93. The first-order chi connectivity index (χ1) is 8.13. The molecule has 4 nitrogen and oxygen atoms in total. The summed E-state index contributed by atoms with van der Waals surface area (Å²) in [6.07, 6.45) is 1.50. The zero-order chi connectivity index (χ0) is 12.4. The van der Waals surface area contributed by atoms with Crippen molar-refractivity contribution in [2.45, 2.75) is 33.0 Å². The zero-order valence-corrected chi connectivity index (χ0v) is 9.93. The number of benzene rings is 1. The average Bonchev–Trinajstić information content (AvgIpc) is 2.64. The number of carbonyl (C=O) groups is 1. The molecular weight excluding hydrogens is 216 g/mol. The summed E-state index contributed by atoms with van der Waals surface area (Å²) in [6.45, 7) is 4.96. The van der Waals surface area contributed by atoms with Crippen LogP contribution in [-0.4, -0.2) is 22.9 Å².